The molecule has 1 unspecified atom stereocenters. The van der Waals surface area contributed by atoms with Crippen molar-refractivity contribution < 1.29 is 19.4 Å². The molecule has 0 aromatic heterocycles. The average molecular weight is 343 g/mol. The fourth-order valence-corrected chi connectivity index (χ4v) is 3.53. The van der Waals surface area contributed by atoms with Crippen molar-refractivity contribution in [1.29, 1.82) is 0 Å². The minimum absolute atomic E-state index is 0.0858. The Hall–Kier alpha value is -2.40. The van der Waals surface area contributed by atoms with Gasteiger partial charge in [0.05, 0.1) is 11.3 Å². The van der Waals surface area contributed by atoms with Crippen molar-refractivity contribution in [3.63, 3.8) is 0 Å². The molecule has 0 saturated heterocycles. The van der Waals surface area contributed by atoms with Crippen LogP contribution in [0.4, 0.5) is 0 Å². The Morgan fingerprint density at radius 1 is 1.12 bits per heavy atom. The topological polar surface area (TPSA) is 89.6 Å². The fourth-order valence-electron chi connectivity index (χ4n) is 3.53. The zero-order valence-corrected chi connectivity index (χ0v) is 14.7. The van der Waals surface area contributed by atoms with Crippen LogP contribution in [0.5, 0.6) is 0 Å². The summed E-state index contributed by atoms with van der Waals surface area (Å²) in [4.78, 5) is 25.1. The van der Waals surface area contributed by atoms with Crippen LogP contribution in [0.1, 0.15) is 38.2 Å². The van der Waals surface area contributed by atoms with E-state index in [1.54, 1.807) is 6.07 Å². The van der Waals surface area contributed by atoms with E-state index in [1.807, 2.05) is 50.2 Å². The minimum atomic E-state index is -1.13. The van der Waals surface area contributed by atoms with Gasteiger partial charge < -0.3 is 15.6 Å². The smallest absolute Gasteiger partial charge is 0.313 e. The largest absolute Gasteiger partial charge is 0.481 e. The highest BCUT2D eigenvalue weighted by atomic mass is 16.5. The van der Waals surface area contributed by atoms with Crippen LogP contribution in [-0.4, -0.2) is 30.2 Å². The molecule has 2 rings (SSSR count). The van der Waals surface area contributed by atoms with Crippen LogP contribution in [0.3, 0.4) is 0 Å². The molecule has 0 spiro atoms. The molecule has 0 aliphatic heterocycles. The van der Waals surface area contributed by atoms with Gasteiger partial charge in [-0.15, -0.1) is 0 Å². The first-order chi connectivity index (χ1) is 12.0. The third-order valence-electron chi connectivity index (χ3n) is 4.95. The van der Waals surface area contributed by atoms with E-state index in [9.17, 15) is 14.7 Å². The molecule has 0 saturated carbocycles. The number of ether oxygens (including phenoxy) is 1. The Kier molecular flexibility index (Phi) is 6.15. The molecular formula is C20H25NO4. The molecule has 0 heterocycles. The van der Waals surface area contributed by atoms with Gasteiger partial charge in [0.15, 0.2) is 0 Å². The van der Waals surface area contributed by atoms with Gasteiger partial charge in [0.1, 0.15) is 6.61 Å². The molecule has 2 aromatic rings. The van der Waals surface area contributed by atoms with Gasteiger partial charge in [0.2, 0.25) is 0 Å². The number of carbonyl (C=O) groups is 2. The first-order valence-electron chi connectivity index (χ1n) is 8.59. The lowest BCUT2D eigenvalue weighted by Gasteiger charge is -2.35. The van der Waals surface area contributed by atoms with E-state index in [0.717, 1.165) is 10.8 Å². The molecule has 0 aliphatic rings. The summed E-state index contributed by atoms with van der Waals surface area (Å²) >= 11 is 0. The molecule has 5 heteroatoms. The van der Waals surface area contributed by atoms with Crippen LogP contribution < -0.4 is 5.73 Å². The zero-order chi connectivity index (χ0) is 18.4. The normalized spacial score (nSPS) is 12.8. The number of carboxylic acid groups (broad SMARTS) is 1. The van der Waals surface area contributed by atoms with Gasteiger partial charge >= 0.3 is 11.9 Å². The lowest BCUT2D eigenvalue weighted by atomic mass is 9.67. The van der Waals surface area contributed by atoms with Gasteiger partial charge in [-0.2, -0.15) is 0 Å². The van der Waals surface area contributed by atoms with Crippen LogP contribution >= 0.6 is 0 Å². The first-order valence-corrected chi connectivity index (χ1v) is 8.59. The maximum absolute atomic E-state index is 12.8. The monoisotopic (exact) mass is 343 g/mol. The van der Waals surface area contributed by atoms with Crippen LogP contribution in [0, 0.1) is 5.41 Å². The van der Waals surface area contributed by atoms with Crippen molar-refractivity contribution in [3.8, 4) is 0 Å². The number of esters is 1. The summed E-state index contributed by atoms with van der Waals surface area (Å²) in [7, 11) is 0. The molecule has 0 fully saturated rings. The van der Waals surface area contributed by atoms with E-state index in [0.29, 0.717) is 18.4 Å². The molecule has 25 heavy (non-hydrogen) atoms. The number of benzene rings is 2. The molecular weight excluding hydrogens is 318 g/mol. The van der Waals surface area contributed by atoms with Crippen molar-refractivity contribution in [1.82, 2.24) is 0 Å². The number of nitrogens with two attached hydrogens (primary N) is 1. The first kappa shape index (κ1) is 18.9. The van der Waals surface area contributed by atoms with E-state index in [1.165, 1.54) is 0 Å². The molecule has 0 radical (unpaired) electrons. The lowest BCUT2D eigenvalue weighted by Crippen LogP contribution is -2.42. The minimum Gasteiger partial charge on any atom is -0.481 e. The maximum atomic E-state index is 12.8. The van der Waals surface area contributed by atoms with Gasteiger partial charge in [0.25, 0.3) is 0 Å². The third-order valence-corrected chi connectivity index (χ3v) is 4.95. The highest BCUT2D eigenvalue weighted by molar-refractivity contribution is 5.95. The van der Waals surface area contributed by atoms with Gasteiger partial charge in [0, 0.05) is 6.54 Å². The fraction of sp³-hybridized carbons (Fsp3) is 0.400. The predicted octanol–water partition coefficient (Wildman–Crippen LogP) is 3.32. The van der Waals surface area contributed by atoms with Crippen molar-refractivity contribution in [2.75, 3.05) is 13.2 Å². The molecule has 134 valence electrons. The van der Waals surface area contributed by atoms with Gasteiger partial charge in [-0.25, -0.2) is 0 Å². The van der Waals surface area contributed by atoms with Crippen LogP contribution in [-0.2, 0) is 14.3 Å². The quantitative estimate of drug-likeness (QED) is 0.718. The molecule has 0 bridgehead atoms. The molecule has 2 aromatic carbocycles. The summed E-state index contributed by atoms with van der Waals surface area (Å²) in [6, 6.07) is 13.2. The molecule has 0 amide bonds. The number of aliphatic carboxylic acids is 1. The lowest BCUT2D eigenvalue weighted by molar-refractivity contribution is -0.164. The summed E-state index contributed by atoms with van der Waals surface area (Å²) in [5.41, 5.74) is 4.94. The Bertz CT molecular complexity index is 747. The van der Waals surface area contributed by atoms with E-state index in [4.69, 9.17) is 10.5 Å². The summed E-state index contributed by atoms with van der Waals surface area (Å²) in [6.45, 7) is 3.95. The Balaban J connectivity index is 2.64. The number of carboxylic acids is 1. The van der Waals surface area contributed by atoms with Crippen molar-refractivity contribution in [2.24, 2.45) is 11.1 Å². The second-order valence-electron chi connectivity index (χ2n) is 6.13. The molecule has 5 nitrogen and oxygen atoms in total. The van der Waals surface area contributed by atoms with Gasteiger partial charge in [-0.1, -0.05) is 56.3 Å². The van der Waals surface area contributed by atoms with Crippen molar-refractivity contribution in [2.45, 2.75) is 32.6 Å². The van der Waals surface area contributed by atoms with Crippen molar-refractivity contribution >= 4 is 22.7 Å². The van der Waals surface area contributed by atoms with Gasteiger partial charge in [-0.05, 0) is 29.2 Å². The summed E-state index contributed by atoms with van der Waals surface area (Å²) in [5.74, 6) is -2.51. The van der Waals surface area contributed by atoms with Crippen LogP contribution in [0.15, 0.2) is 42.5 Å². The Labute approximate surface area is 147 Å². The molecule has 1 atom stereocenters. The molecule has 0 aliphatic carbocycles. The van der Waals surface area contributed by atoms with E-state index in [-0.39, 0.29) is 13.2 Å². The van der Waals surface area contributed by atoms with E-state index in [2.05, 4.69) is 0 Å². The Morgan fingerprint density at radius 2 is 1.76 bits per heavy atom. The highest BCUT2D eigenvalue weighted by Gasteiger charge is 2.49. The Morgan fingerprint density at radius 3 is 2.36 bits per heavy atom. The van der Waals surface area contributed by atoms with Crippen LogP contribution in [0.2, 0.25) is 0 Å². The molecule has 3 N–H and O–H groups in total. The zero-order valence-electron chi connectivity index (χ0n) is 14.7. The third kappa shape index (κ3) is 3.51. The van der Waals surface area contributed by atoms with Crippen LogP contribution in [0.25, 0.3) is 10.8 Å². The number of fused-ring (bicyclic) bond motifs is 1. The number of rotatable bonds is 8. The SMILES string of the molecule is CCC(CC)(C(=O)OCCN)C(C(=O)O)c1cccc2ccccc12. The average Bonchev–Trinajstić information content (AvgIpc) is 2.63. The highest BCUT2D eigenvalue weighted by Crippen LogP contribution is 2.45. The van der Waals surface area contributed by atoms with E-state index >= 15 is 0 Å². The van der Waals surface area contributed by atoms with E-state index < -0.39 is 23.3 Å². The number of hydrogen-bond donors (Lipinski definition) is 2. The second-order valence-corrected chi connectivity index (χ2v) is 6.13. The summed E-state index contributed by atoms with van der Waals surface area (Å²) in [5, 5.41) is 11.8. The second kappa shape index (κ2) is 8.12. The van der Waals surface area contributed by atoms with Gasteiger partial charge in [-0.3, -0.25) is 9.59 Å². The summed E-state index contributed by atoms with van der Waals surface area (Å²) in [6.07, 6.45) is 0.736. The summed E-state index contributed by atoms with van der Waals surface area (Å²) < 4.78 is 5.28. The standard InChI is InChI=1S/C20H25NO4/c1-3-20(4-2,19(24)25-13-12-21)17(18(22)23)16-11-7-9-14-8-5-6-10-15(14)16/h5-11,17H,3-4,12-13,21H2,1-2H3,(H,22,23). The van der Waals surface area contributed by atoms with Crippen molar-refractivity contribution in [3.05, 3.63) is 48.0 Å². The maximum Gasteiger partial charge on any atom is 0.313 e. The number of carbonyl (C=O) groups excluding carboxylic acids is 1. The number of hydrogen-bond acceptors (Lipinski definition) is 4. The predicted molar refractivity (Wildman–Crippen MR) is 97.4 cm³/mol.